The molecular weight excluding hydrogens is 348 g/mol. The third-order valence-corrected chi connectivity index (χ3v) is 6.21. The second-order valence-corrected chi connectivity index (χ2v) is 8.46. The van der Waals surface area contributed by atoms with E-state index in [1.54, 1.807) is 12.1 Å². The molecule has 0 aliphatic carbocycles. The molecule has 1 saturated heterocycles. The monoisotopic (exact) mass is 374 g/mol. The molecule has 2 N–H and O–H groups in total. The van der Waals surface area contributed by atoms with E-state index in [9.17, 15) is 8.42 Å². The topological polar surface area (TPSA) is 74.3 Å². The normalized spacial score (nSPS) is 18.6. The number of hydrogen-bond acceptors (Lipinski definition) is 5. The van der Waals surface area contributed by atoms with Crippen LogP contribution in [0.2, 0.25) is 0 Å². The van der Waals surface area contributed by atoms with E-state index >= 15 is 0 Å². The number of nitrogens with one attached hydrogen (secondary N) is 2. The first-order valence-corrected chi connectivity index (χ1v) is 10.5. The fourth-order valence-electron chi connectivity index (χ4n) is 3.30. The highest BCUT2D eigenvalue weighted by molar-refractivity contribution is 7.89. The van der Waals surface area contributed by atoms with Crippen molar-refractivity contribution in [1.29, 1.82) is 0 Å². The second-order valence-electron chi connectivity index (χ2n) is 6.57. The van der Waals surface area contributed by atoms with Gasteiger partial charge in [0.15, 0.2) is 0 Å². The minimum atomic E-state index is -3.44. The first-order valence-electron chi connectivity index (χ1n) is 9.00. The van der Waals surface area contributed by atoms with Gasteiger partial charge < -0.3 is 5.32 Å². The lowest BCUT2D eigenvalue weighted by Gasteiger charge is -2.36. The van der Waals surface area contributed by atoms with Crippen molar-refractivity contribution in [2.24, 2.45) is 0 Å². The molecule has 0 bridgehead atoms. The Labute approximate surface area is 155 Å². The van der Waals surface area contributed by atoms with Crippen molar-refractivity contribution in [2.45, 2.75) is 36.7 Å². The van der Waals surface area contributed by atoms with Gasteiger partial charge in [0.2, 0.25) is 10.0 Å². The van der Waals surface area contributed by atoms with Crippen molar-refractivity contribution in [1.82, 2.24) is 14.6 Å². The fraction of sp³-hybridized carbons (Fsp3) is 0.421. The number of anilines is 1. The number of hydrogen-bond donors (Lipinski definition) is 2. The minimum Gasteiger partial charge on any atom is -0.369 e. The lowest BCUT2D eigenvalue weighted by atomic mass is 10.0. The molecule has 2 aromatic rings. The number of sulfonamides is 1. The number of pyridine rings is 1. The van der Waals surface area contributed by atoms with Crippen molar-refractivity contribution in [3.05, 3.63) is 54.2 Å². The highest BCUT2D eigenvalue weighted by atomic mass is 32.2. The number of piperidine rings is 1. The van der Waals surface area contributed by atoms with Crippen LogP contribution in [-0.4, -0.2) is 44.5 Å². The zero-order chi connectivity index (χ0) is 18.4. The van der Waals surface area contributed by atoms with Gasteiger partial charge in [0.05, 0.1) is 0 Å². The summed E-state index contributed by atoms with van der Waals surface area (Å²) in [5.74, 6) is 0.699. The maximum Gasteiger partial charge on any atom is 0.241 e. The van der Waals surface area contributed by atoms with Gasteiger partial charge in [-0.3, -0.25) is 4.90 Å². The summed E-state index contributed by atoms with van der Waals surface area (Å²) in [6.45, 7) is 2.87. The molecule has 1 unspecified atom stereocenters. The van der Waals surface area contributed by atoms with Crippen LogP contribution in [0.3, 0.4) is 0 Å². The molecule has 1 aromatic heterocycles. The van der Waals surface area contributed by atoms with Gasteiger partial charge in [0.1, 0.15) is 10.7 Å². The zero-order valence-corrected chi connectivity index (χ0v) is 15.9. The van der Waals surface area contributed by atoms with Gasteiger partial charge in [-0.1, -0.05) is 36.8 Å². The van der Waals surface area contributed by atoms with E-state index in [1.807, 2.05) is 6.07 Å². The van der Waals surface area contributed by atoms with Gasteiger partial charge in [-0.2, -0.15) is 0 Å². The minimum absolute atomic E-state index is 0.175. The highest BCUT2D eigenvalue weighted by Gasteiger charge is 2.22. The summed E-state index contributed by atoms with van der Waals surface area (Å²) in [6.07, 6.45) is 5.02. The van der Waals surface area contributed by atoms with Gasteiger partial charge in [-0.15, -0.1) is 0 Å². The van der Waals surface area contributed by atoms with E-state index < -0.39 is 10.0 Å². The Morgan fingerprint density at radius 1 is 1.15 bits per heavy atom. The smallest absolute Gasteiger partial charge is 0.241 e. The molecule has 1 atom stereocenters. The number of likely N-dealkylation sites (tertiary alicyclic amines) is 1. The first-order chi connectivity index (χ1) is 12.6. The average molecular weight is 375 g/mol. The zero-order valence-electron chi connectivity index (χ0n) is 15.1. The Balaban J connectivity index is 1.60. The molecule has 6 nitrogen and oxygen atoms in total. The van der Waals surface area contributed by atoms with E-state index in [-0.39, 0.29) is 4.90 Å². The summed E-state index contributed by atoms with van der Waals surface area (Å²) < 4.78 is 25.8. The summed E-state index contributed by atoms with van der Waals surface area (Å²) in [5.41, 5.74) is 1.33. The van der Waals surface area contributed by atoms with E-state index in [1.165, 1.54) is 31.6 Å². The van der Waals surface area contributed by atoms with Crippen LogP contribution in [-0.2, 0) is 16.6 Å². The second kappa shape index (κ2) is 8.62. The molecule has 0 radical (unpaired) electrons. The lowest BCUT2D eigenvalue weighted by molar-refractivity contribution is 0.148. The van der Waals surface area contributed by atoms with Gasteiger partial charge in [0, 0.05) is 25.3 Å². The van der Waals surface area contributed by atoms with Crippen LogP contribution >= 0.6 is 0 Å². The lowest BCUT2D eigenvalue weighted by Crippen LogP contribution is -2.43. The summed E-state index contributed by atoms with van der Waals surface area (Å²) in [7, 11) is -2.05. The molecule has 1 fully saturated rings. The van der Waals surface area contributed by atoms with Crippen LogP contribution in [0.4, 0.5) is 5.82 Å². The molecule has 0 spiro atoms. The maximum absolute atomic E-state index is 11.8. The molecule has 1 aliphatic heterocycles. The maximum atomic E-state index is 11.8. The molecule has 1 aliphatic rings. The summed E-state index contributed by atoms with van der Waals surface area (Å²) in [6, 6.07) is 14.3. The average Bonchev–Trinajstić information content (AvgIpc) is 2.68. The predicted octanol–water partition coefficient (Wildman–Crippen LogP) is 2.46. The SMILES string of the molecule is CNS(=O)(=O)c1ccc(NCC2CCCCN2Cc2ccccc2)nc1. The van der Waals surface area contributed by atoms with E-state index in [4.69, 9.17) is 0 Å². The number of nitrogens with zero attached hydrogens (tertiary/aromatic N) is 2. The fourth-order valence-corrected chi connectivity index (χ4v) is 3.98. The molecule has 0 saturated carbocycles. The molecule has 2 heterocycles. The summed E-state index contributed by atoms with van der Waals surface area (Å²) >= 11 is 0. The molecule has 1 aromatic carbocycles. The third kappa shape index (κ3) is 4.81. The number of aromatic nitrogens is 1. The van der Waals surface area contributed by atoms with Gasteiger partial charge in [-0.25, -0.2) is 18.1 Å². The van der Waals surface area contributed by atoms with Crippen molar-refractivity contribution >= 4 is 15.8 Å². The van der Waals surface area contributed by atoms with E-state index in [2.05, 4.69) is 44.2 Å². The summed E-state index contributed by atoms with van der Waals surface area (Å²) in [5, 5.41) is 3.36. The van der Waals surface area contributed by atoms with E-state index in [0.717, 1.165) is 26.1 Å². The van der Waals surface area contributed by atoms with Crippen LogP contribution < -0.4 is 10.0 Å². The quantitative estimate of drug-likeness (QED) is 0.779. The largest absolute Gasteiger partial charge is 0.369 e. The predicted molar refractivity (Wildman–Crippen MR) is 103 cm³/mol. The van der Waals surface area contributed by atoms with Crippen LogP contribution in [0.1, 0.15) is 24.8 Å². The van der Waals surface area contributed by atoms with Crippen molar-refractivity contribution in [2.75, 3.05) is 25.5 Å². The Kier molecular flexibility index (Phi) is 6.24. The van der Waals surface area contributed by atoms with Crippen molar-refractivity contribution in [3.63, 3.8) is 0 Å². The molecular formula is C19H26N4O2S. The highest BCUT2D eigenvalue weighted by Crippen LogP contribution is 2.20. The first kappa shape index (κ1) is 18.8. The standard InChI is InChI=1S/C19H26N4O2S/c1-20-26(24,25)18-10-11-19(22-14-18)21-13-17-9-5-6-12-23(17)15-16-7-3-2-4-8-16/h2-4,7-8,10-11,14,17,20H,5-6,9,12-13,15H2,1H3,(H,21,22). The van der Waals surface area contributed by atoms with Gasteiger partial charge in [0.25, 0.3) is 0 Å². The van der Waals surface area contributed by atoms with Crippen LogP contribution in [0, 0.1) is 0 Å². The van der Waals surface area contributed by atoms with Gasteiger partial charge >= 0.3 is 0 Å². The Hall–Kier alpha value is -1.96. The molecule has 7 heteroatoms. The van der Waals surface area contributed by atoms with E-state index in [0.29, 0.717) is 11.9 Å². The van der Waals surface area contributed by atoms with Crippen LogP contribution in [0.15, 0.2) is 53.6 Å². The Morgan fingerprint density at radius 2 is 1.96 bits per heavy atom. The van der Waals surface area contributed by atoms with Crippen molar-refractivity contribution < 1.29 is 8.42 Å². The molecule has 0 amide bonds. The molecule has 3 rings (SSSR count). The van der Waals surface area contributed by atoms with Gasteiger partial charge in [-0.05, 0) is 44.1 Å². The number of benzene rings is 1. The number of rotatable bonds is 7. The summed E-state index contributed by atoms with van der Waals surface area (Å²) in [4.78, 5) is 6.93. The molecule has 140 valence electrons. The third-order valence-electron chi connectivity index (χ3n) is 4.81. The van der Waals surface area contributed by atoms with Crippen LogP contribution in [0.25, 0.3) is 0 Å². The Bertz CT molecular complexity index is 794. The van der Waals surface area contributed by atoms with Crippen LogP contribution in [0.5, 0.6) is 0 Å². The Morgan fingerprint density at radius 3 is 2.65 bits per heavy atom. The molecule has 26 heavy (non-hydrogen) atoms. The van der Waals surface area contributed by atoms with Crippen molar-refractivity contribution in [3.8, 4) is 0 Å².